The van der Waals surface area contributed by atoms with Gasteiger partial charge in [0, 0.05) is 50.4 Å². The SMILES string of the molecule is CCOCCOc1c(-c2cc(CC)cc(-n3c4ccccc4c4ccccc43)c2O)cccc1-c1cc(C(C)(C)C)cc(-n2c3ccccc3c3ccccc32)c1O. The molecule has 0 saturated carbocycles. The van der Waals surface area contributed by atoms with Crippen LogP contribution in [0.5, 0.6) is 17.2 Å². The molecule has 0 bridgehead atoms. The highest BCUT2D eigenvalue weighted by molar-refractivity contribution is 6.11. The van der Waals surface area contributed by atoms with Gasteiger partial charge in [-0.3, -0.25) is 0 Å². The standard InChI is InChI=1S/C52H48N2O4/c1-6-33-29-41(49(55)47(30-33)53-43-23-12-8-17-35(43)36-18-9-13-24-44(36)53)39-21-16-22-40(51(39)58-28-27-57-7-2)42-31-34(52(3,4)5)32-48(50(42)56)54-45-25-14-10-19-37(45)38-20-11-15-26-46(38)54/h8-26,29-32,55-56H,6-7,27-28H2,1-5H3. The lowest BCUT2D eigenvalue weighted by Gasteiger charge is -2.25. The normalized spacial score (nSPS) is 12.0. The summed E-state index contributed by atoms with van der Waals surface area (Å²) in [6.45, 7) is 11.9. The highest BCUT2D eigenvalue weighted by atomic mass is 16.5. The van der Waals surface area contributed by atoms with Gasteiger partial charge < -0.3 is 28.8 Å². The smallest absolute Gasteiger partial charge is 0.147 e. The predicted molar refractivity (Wildman–Crippen MR) is 239 cm³/mol. The van der Waals surface area contributed by atoms with Crippen molar-refractivity contribution in [1.82, 2.24) is 9.13 Å². The molecule has 7 aromatic carbocycles. The second kappa shape index (κ2) is 14.8. The molecule has 0 aliphatic carbocycles. The van der Waals surface area contributed by atoms with E-state index in [-0.39, 0.29) is 23.5 Å². The van der Waals surface area contributed by atoms with Crippen LogP contribution in [0.25, 0.3) is 77.2 Å². The number of hydrogen-bond donors (Lipinski definition) is 2. The third-order valence-corrected chi connectivity index (χ3v) is 11.4. The van der Waals surface area contributed by atoms with Crippen molar-refractivity contribution in [3.8, 4) is 50.9 Å². The highest BCUT2D eigenvalue weighted by Gasteiger charge is 2.27. The van der Waals surface area contributed by atoms with Crippen molar-refractivity contribution < 1.29 is 19.7 Å². The van der Waals surface area contributed by atoms with Gasteiger partial charge in [0.2, 0.25) is 0 Å². The third-order valence-electron chi connectivity index (χ3n) is 11.4. The van der Waals surface area contributed by atoms with Crippen LogP contribution in [0.15, 0.2) is 140 Å². The molecule has 0 aliphatic rings. The molecule has 2 N–H and O–H groups in total. The second-order valence-electron chi connectivity index (χ2n) is 16.0. The summed E-state index contributed by atoms with van der Waals surface area (Å²) >= 11 is 0. The minimum Gasteiger partial charge on any atom is -0.505 e. The Kier molecular flexibility index (Phi) is 9.45. The maximum absolute atomic E-state index is 12.7. The van der Waals surface area contributed by atoms with E-state index in [1.165, 1.54) is 0 Å². The van der Waals surface area contributed by atoms with Gasteiger partial charge in [-0.25, -0.2) is 0 Å². The molecule has 0 atom stereocenters. The van der Waals surface area contributed by atoms with E-state index < -0.39 is 0 Å². The summed E-state index contributed by atoms with van der Waals surface area (Å²) < 4.78 is 16.9. The van der Waals surface area contributed by atoms with Crippen molar-refractivity contribution in [1.29, 1.82) is 0 Å². The average molecular weight is 765 g/mol. The molecule has 2 aromatic heterocycles. The lowest BCUT2D eigenvalue weighted by Crippen LogP contribution is -2.13. The monoisotopic (exact) mass is 764 g/mol. The molecule has 9 rings (SSSR count). The Bertz CT molecular complexity index is 2890. The molecule has 2 heterocycles. The molecule has 0 fully saturated rings. The van der Waals surface area contributed by atoms with Crippen molar-refractivity contribution in [3.05, 3.63) is 151 Å². The lowest BCUT2D eigenvalue weighted by molar-refractivity contribution is 0.110. The predicted octanol–water partition coefficient (Wildman–Crippen LogP) is 12.9. The van der Waals surface area contributed by atoms with Crippen molar-refractivity contribution in [2.24, 2.45) is 0 Å². The summed E-state index contributed by atoms with van der Waals surface area (Å²) in [7, 11) is 0. The molecule has 6 nitrogen and oxygen atoms in total. The number of fused-ring (bicyclic) bond motifs is 6. The number of aryl methyl sites for hydroxylation is 1. The zero-order valence-corrected chi connectivity index (χ0v) is 33.7. The van der Waals surface area contributed by atoms with Crippen LogP contribution in [0.2, 0.25) is 0 Å². The van der Waals surface area contributed by atoms with E-state index in [4.69, 9.17) is 9.47 Å². The first-order chi connectivity index (χ1) is 28.2. The quantitative estimate of drug-likeness (QED) is 0.136. The van der Waals surface area contributed by atoms with Crippen molar-refractivity contribution in [2.45, 2.75) is 46.5 Å². The molecule has 6 heteroatoms. The topological polar surface area (TPSA) is 68.8 Å². The summed E-state index contributed by atoms with van der Waals surface area (Å²) in [5.74, 6) is 0.853. The highest BCUT2D eigenvalue weighted by Crippen LogP contribution is 2.50. The number of phenolic OH excluding ortho intramolecular Hbond substituents is 2. The molecule has 58 heavy (non-hydrogen) atoms. The number of nitrogens with zero attached hydrogens (tertiary/aromatic N) is 2. The second-order valence-corrected chi connectivity index (χ2v) is 16.0. The van der Waals surface area contributed by atoms with Crippen LogP contribution in [-0.2, 0) is 16.6 Å². The first-order valence-corrected chi connectivity index (χ1v) is 20.2. The summed E-state index contributed by atoms with van der Waals surface area (Å²) in [6.07, 6.45) is 0.758. The van der Waals surface area contributed by atoms with Crippen LogP contribution in [0, 0.1) is 0 Å². The Morgan fingerprint density at radius 1 is 0.500 bits per heavy atom. The van der Waals surface area contributed by atoms with Gasteiger partial charge in [0.15, 0.2) is 0 Å². The molecule has 0 aliphatic heterocycles. The molecule has 0 saturated heterocycles. The van der Waals surface area contributed by atoms with Crippen LogP contribution >= 0.6 is 0 Å². The fraction of sp³-hybridized carbons (Fsp3) is 0.192. The molecule has 0 amide bonds. The summed E-state index contributed by atoms with van der Waals surface area (Å²) in [6, 6.07) is 47.7. The molecule has 0 unspecified atom stereocenters. The summed E-state index contributed by atoms with van der Waals surface area (Å²) in [5, 5.41) is 29.7. The van der Waals surface area contributed by atoms with E-state index in [2.05, 4.69) is 134 Å². The number of phenols is 2. The van der Waals surface area contributed by atoms with Gasteiger partial charge in [0.25, 0.3) is 0 Å². The number of hydrogen-bond acceptors (Lipinski definition) is 4. The van der Waals surface area contributed by atoms with Gasteiger partial charge in [0.1, 0.15) is 23.9 Å². The fourth-order valence-electron chi connectivity index (χ4n) is 8.51. The largest absolute Gasteiger partial charge is 0.505 e. The number of benzene rings is 7. The Morgan fingerprint density at radius 2 is 0.948 bits per heavy atom. The van der Waals surface area contributed by atoms with E-state index in [1.54, 1.807) is 0 Å². The lowest BCUT2D eigenvalue weighted by atomic mass is 9.84. The van der Waals surface area contributed by atoms with Gasteiger partial charge >= 0.3 is 0 Å². The number of rotatable bonds is 10. The zero-order valence-electron chi connectivity index (χ0n) is 33.7. The molecule has 9 aromatic rings. The van der Waals surface area contributed by atoms with E-state index in [0.29, 0.717) is 41.5 Å². The van der Waals surface area contributed by atoms with Crippen LogP contribution in [0.4, 0.5) is 0 Å². The Hall–Kier alpha value is -6.50. The van der Waals surface area contributed by atoms with Crippen molar-refractivity contribution >= 4 is 43.6 Å². The number of para-hydroxylation sites is 5. The van der Waals surface area contributed by atoms with E-state index >= 15 is 0 Å². The van der Waals surface area contributed by atoms with Crippen molar-refractivity contribution in [3.63, 3.8) is 0 Å². The number of aromatic nitrogens is 2. The van der Waals surface area contributed by atoms with Gasteiger partial charge in [-0.1, -0.05) is 119 Å². The van der Waals surface area contributed by atoms with Crippen LogP contribution in [0.3, 0.4) is 0 Å². The minimum atomic E-state index is -0.255. The average Bonchev–Trinajstić information content (AvgIpc) is 3.75. The van der Waals surface area contributed by atoms with Gasteiger partial charge in [0.05, 0.1) is 40.0 Å². The van der Waals surface area contributed by atoms with Gasteiger partial charge in [-0.05, 0) is 78.4 Å². The van der Waals surface area contributed by atoms with Crippen molar-refractivity contribution in [2.75, 3.05) is 19.8 Å². The molecular weight excluding hydrogens is 717 g/mol. The Morgan fingerprint density at radius 3 is 1.40 bits per heavy atom. The Balaban J connectivity index is 1.32. The fourth-order valence-corrected chi connectivity index (χ4v) is 8.51. The number of aromatic hydroxyl groups is 2. The van der Waals surface area contributed by atoms with Gasteiger partial charge in [-0.2, -0.15) is 0 Å². The van der Waals surface area contributed by atoms with Gasteiger partial charge in [-0.15, -0.1) is 0 Å². The van der Waals surface area contributed by atoms with E-state index in [1.807, 2.05) is 49.4 Å². The van der Waals surface area contributed by atoms with Crippen LogP contribution in [-0.4, -0.2) is 39.2 Å². The molecule has 0 radical (unpaired) electrons. The minimum absolute atomic E-state index is 0.142. The number of ether oxygens (including phenoxy) is 2. The molecular formula is C52H48N2O4. The third kappa shape index (κ3) is 6.16. The maximum atomic E-state index is 12.7. The zero-order chi connectivity index (χ0) is 40.1. The summed E-state index contributed by atoms with van der Waals surface area (Å²) in [5.41, 5.74) is 10.1. The Labute approximate surface area is 339 Å². The maximum Gasteiger partial charge on any atom is 0.147 e. The molecule has 290 valence electrons. The van der Waals surface area contributed by atoms with Crippen LogP contribution in [0.1, 0.15) is 45.7 Å². The van der Waals surface area contributed by atoms with E-state index in [0.717, 1.165) is 72.3 Å². The van der Waals surface area contributed by atoms with Crippen LogP contribution < -0.4 is 4.74 Å². The first kappa shape index (κ1) is 37.1. The molecule has 0 spiro atoms. The summed E-state index contributed by atoms with van der Waals surface area (Å²) in [4.78, 5) is 0. The first-order valence-electron chi connectivity index (χ1n) is 20.2. The van der Waals surface area contributed by atoms with E-state index in [9.17, 15) is 10.2 Å².